The van der Waals surface area contributed by atoms with E-state index in [0.717, 1.165) is 0 Å². The molecule has 0 aliphatic carbocycles. The number of nitroso groups, excluding NO2 is 2. The molecule has 48 valence electrons. The van der Waals surface area contributed by atoms with Gasteiger partial charge in [0.2, 0.25) is 0 Å². The maximum atomic E-state index is 9.95. The van der Waals surface area contributed by atoms with Crippen molar-refractivity contribution in [1.29, 1.82) is 0 Å². The van der Waals surface area contributed by atoms with Crippen LogP contribution in [0.4, 0.5) is 0 Å². The van der Waals surface area contributed by atoms with Gasteiger partial charge in [0.05, 0.1) is 10.9 Å². The first-order chi connectivity index (χ1) is 3.66. The van der Waals surface area contributed by atoms with E-state index in [-0.39, 0.29) is 40.6 Å². The van der Waals surface area contributed by atoms with Crippen LogP contribution >= 0.6 is 0 Å². The molecule has 0 radical (unpaired) electrons. The van der Waals surface area contributed by atoms with Gasteiger partial charge in [-0.1, -0.05) is 4.91 Å². The van der Waals surface area contributed by atoms with Gasteiger partial charge in [-0.3, -0.25) is 0 Å². The molecule has 6 heteroatoms. The molecule has 0 aliphatic heterocycles. The first-order valence-electron chi connectivity index (χ1n) is 2.23. The minimum absolute atomic E-state index is 0. The van der Waals surface area contributed by atoms with E-state index in [1.165, 1.54) is 0 Å². The van der Waals surface area contributed by atoms with Gasteiger partial charge in [0, 0.05) is 0 Å². The van der Waals surface area contributed by atoms with Crippen molar-refractivity contribution >= 4 is 29.6 Å². The minimum atomic E-state index is -0.106. The summed E-state index contributed by atoms with van der Waals surface area (Å²) in [6, 6.07) is -0.0507. The van der Waals surface area contributed by atoms with Gasteiger partial charge in [0.25, 0.3) is 0 Å². The van der Waals surface area contributed by atoms with Crippen molar-refractivity contribution in [2.75, 3.05) is 0 Å². The Morgan fingerprint density at radius 3 is 2.11 bits per heavy atom. The third-order valence-electron chi connectivity index (χ3n) is 0.443. The average Bonchev–Trinajstić information content (AvgIpc) is 1.65. The summed E-state index contributed by atoms with van der Waals surface area (Å²) < 4.78 is 0. The first-order valence-corrected chi connectivity index (χ1v) is 2.23. The fraction of sp³-hybridized carbons (Fsp3) is 1.00. The van der Waals surface area contributed by atoms with E-state index in [0.29, 0.717) is 0 Å². The number of hydrogen-bond donors (Lipinski definition) is 1. The summed E-state index contributed by atoms with van der Waals surface area (Å²) in [4.78, 5) is 19.2. The fourth-order valence-electron chi connectivity index (χ4n) is 0.244. The Hall–Kier alpha value is 0. The number of rotatable bonds is 3. The molecule has 0 aromatic carbocycles. The van der Waals surface area contributed by atoms with Gasteiger partial charge >= 0.3 is 39.8 Å². The monoisotopic (exact) mass is 142 g/mol. The van der Waals surface area contributed by atoms with Crippen LogP contribution in [-0.2, 0) is 0 Å². The molecule has 9 heavy (non-hydrogen) atoms. The summed E-state index contributed by atoms with van der Waals surface area (Å²) in [6.45, 7) is 3.46. The summed E-state index contributed by atoms with van der Waals surface area (Å²) in [5, 5.41) is 2.05. The summed E-state index contributed by atoms with van der Waals surface area (Å²) >= 11 is 0. The Bertz CT molecular complexity index is 105. The van der Waals surface area contributed by atoms with E-state index in [9.17, 15) is 9.81 Å². The Kier molecular flexibility index (Phi) is 8.00. The predicted octanol–water partition coefficient (Wildman–Crippen LogP) is -0.289. The second-order valence-corrected chi connectivity index (χ2v) is 1.64. The summed E-state index contributed by atoms with van der Waals surface area (Å²) in [5.74, 6) is 0. The van der Waals surface area contributed by atoms with Gasteiger partial charge in [-0.05, 0) is 13.8 Å². The Morgan fingerprint density at radius 1 is 1.56 bits per heavy atom. The van der Waals surface area contributed by atoms with Crippen molar-refractivity contribution < 1.29 is 4.98 Å². The van der Waals surface area contributed by atoms with Crippen LogP contribution in [0.5, 0.6) is 0 Å². The van der Waals surface area contributed by atoms with Gasteiger partial charge in [-0.25, -0.2) is 0 Å². The Labute approximate surface area is 75.0 Å². The van der Waals surface area contributed by atoms with Crippen molar-refractivity contribution in [3.8, 4) is 0 Å². The van der Waals surface area contributed by atoms with Gasteiger partial charge in [-0.2, -0.15) is 0 Å². The Morgan fingerprint density at radius 2 is 2.00 bits per heavy atom. The van der Waals surface area contributed by atoms with Gasteiger partial charge in [-0.15, -0.1) is 5.43 Å². The quantitative estimate of drug-likeness (QED) is 0.255. The molecule has 1 N–H and O–H groups in total. The molecule has 0 saturated carbocycles. The summed E-state index contributed by atoms with van der Waals surface area (Å²) in [6.07, 6.45) is 0. The molecule has 0 spiro atoms. The molecule has 0 fully saturated rings. The third-order valence-corrected chi connectivity index (χ3v) is 0.443. The summed E-state index contributed by atoms with van der Waals surface area (Å²) in [7, 11) is 0. The number of nitrogens with zero attached hydrogens (tertiary/aromatic N) is 2. The van der Waals surface area contributed by atoms with E-state index >= 15 is 0 Å². The fourth-order valence-corrected chi connectivity index (χ4v) is 0.244. The second kappa shape index (κ2) is 6.12. The van der Waals surface area contributed by atoms with Crippen molar-refractivity contribution in [2.45, 2.75) is 19.9 Å². The standard InChI is InChI=1S/C3H8N3O2.Na.H/c1-3(2)4-6(8)5-7;;/h3H,1-2H3,(H,4,8);;/q+1;;. The van der Waals surface area contributed by atoms with Crippen molar-refractivity contribution in [1.82, 2.24) is 5.43 Å². The van der Waals surface area contributed by atoms with E-state index in [4.69, 9.17) is 0 Å². The number of hydrogen-bond acceptors (Lipinski definition) is 2. The van der Waals surface area contributed by atoms with Crippen LogP contribution in [0.15, 0.2) is 5.29 Å². The van der Waals surface area contributed by atoms with Crippen molar-refractivity contribution in [3.63, 3.8) is 0 Å². The van der Waals surface area contributed by atoms with Crippen LogP contribution in [-0.4, -0.2) is 40.6 Å². The molecule has 5 nitrogen and oxygen atoms in total. The summed E-state index contributed by atoms with van der Waals surface area (Å²) in [5.41, 5.74) is 2.19. The SMILES string of the molecule is CC(C)N[N+](=O)N=O.[NaH]. The Balaban J connectivity index is 0. The molecule has 0 unspecified atom stereocenters. The van der Waals surface area contributed by atoms with Crippen molar-refractivity contribution in [3.05, 3.63) is 9.81 Å². The van der Waals surface area contributed by atoms with Crippen LogP contribution in [0.1, 0.15) is 13.8 Å². The van der Waals surface area contributed by atoms with Crippen LogP contribution in [0.3, 0.4) is 0 Å². The van der Waals surface area contributed by atoms with Crippen LogP contribution < -0.4 is 5.43 Å². The molecule has 0 rings (SSSR count). The molecule has 0 atom stereocenters. The topological polar surface area (TPSA) is 61.5 Å². The molecule has 0 amide bonds. The van der Waals surface area contributed by atoms with Crippen LogP contribution in [0.25, 0.3) is 0 Å². The molecular weight excluding hydrogens is 133 g/mol. The number of hydrazine groups is 1. The number of nitrogens with one attached hydrogen (secondary N) is 1. The zero-order valence-corrected chi connectivity index (χ0v) is 4.79. The second-order valence-electron chi connectivity index (χ2n) is 1.64. The van der Waals surface area contributed by atoms with Crippen molar-refractivity contribution in [2.24, 2.45) is 5.29 Å². The van der Waals surface area contributed by atoms with Gasteiger partial charge in [0.15, 0.2) is 0 Å². The van der Waals surface area contributed by atoms with Crippen LogP contribution in [0.2, 0.25) is 0 Å². The van der Waals surface area contributed by atoms with E-state index in [2.05, 4.69) is 5.43 Å². The third kappa shape index (κ3) is 8.00. The molecule has 0 saturated heterocycles. The molecule has 0 aromatic rings. The molecule has 0 aromatic heterocycles. The normalized spacial score (nSPS) is 7.89. The average molecular weight is 142 g/mol. The van der Waals surface area contributed by atoms with Gasteiger partial charge in [0.1, 0.15) is 0 Å². The molecule has 0 aliphatic rings. The predicted molar refractivity (Wildman–Crippen MR) is 34.8 cm³/mol. The van der Waals surface area contributed by atoms with Gasteiger partial charge < -0.3 is 0 Å². The molecule has 0 heterocycles. The zero-order chi connectivity index (χ0) is 6.57. The zero-order valence-electron chi connectivity index (χ0n) is 4.79. The van der Waals surface area contributed by atoms with Crippen LogP contribution in [0, 0.1) is 9.81 Å². The van der Waals surface area contributed by atoms with E-state index < -0.39 is 0 Å². The molecular formula is C3H9N3NaO2+. The first kappa shape index (κ1) is 11.8. The maximum absolute atomic E-state index is 9.95. The molecule has 0 bridgehead atoms. The van der Waals surface area contributed by atoms with E-state index in [1.807, 2.05) is 5.29 Å². The van der Waals surface area contributed by atoms with E-state index in [1.54, 1.807) is 13.8 Å².